The van der Waals surface area contributed by atoms with Crippen LogP contribution in [0.15, 0.2) is 18.3 Å². The van der Waals surface area contributed by atoms with E-state index in [9.17, 15) is 9.59 Å². The van der Waals surface area contributed by atoms with Crippen molar-refractivity contribution in [3.63, 3.8) is 0 Å². The number of rotatable bonds is 10. The van der Waals surface area contributed by atoms with Crippen LogP contribution < -0.4 is 10.2 Å². The van der Waals surface area contributed by atoms with E-state index in [1.165, 1.54) is 0 Å². The highest BCUT2D eigenvalue weighted by Gasteiger charge is 2.27. The van der Waals surface area contributed by atoms with Crippen molar-refractivity contribution >= 4 is 35.0 Å². The number of H-pyrrole nitrogens is 1. The van der Waals surface area contributed by atoms with Gasteiger partial charge in [-0.2, -0.15) is 0 Å². The first kappa shape index (κ1) is 22.6. The summed E-state index contributed by atoms with van der Waals surface area (Å²) in [5.41, 5.74) is 3.63. The van der Waals surface area contributed by atoms with Crippen LogP contribution in [0.2, 0.25) is 0 Å². The van der Waals surface area contributed by atoms with Gasteiger partial charge >= 0.3 is 5.97 Å². The number of aromatic nitrogens is 2. The van der Waals surface area contributed by atoms with Crippen molar-refractivity contribution in [1.29, 1.82) is 0 Å². The molecule has 0 fully saturated rings. The highest BCUT2D eigenvalue weighted by atomic mass is 16.5. The smallest absolute Gasteiger partial charge is 0.340 e. The Bertz CT molecular complexity index is 980. The highest BCUT2D eigenvalue weighted by Crippen LogP contribution is 2.35. The lowest BCUT2D eigenvalue weighted by molar-refractivity contribution is -0.110. The second-order valence-electron chi connectivity index (χ2n) is 7.49. The molecule has 1 amide bonds. The third kappa shape index (κ3) is 5.32. The summed E-state index contributed by atoms with van der Waals surface area (Å²) in [5, 5.41) is 2.84. The van der Waals surface area contributed by atoms with Crippen LogP contribution in [0.25, 0.3) is 11.6 Å². The Hall–Kier alpha value is -3.13. The molecule has 0 spiro atoms. The van der Waals surface area contributed by atoms with Gasteiger partial charge in [0.15, 0.2) is 0 Å². The molecule has 0 saturated heterocycles. The zero-order chi connectivity index (χ0) is 22.4. The van der Waals surface area contributed by atoms with Crippen molar-refractivity contribution in [3.8, 4) is 0 Å². The first-order chi connectivity index (χ1) is 14.9. The van der Waals surface area contributed by atoms with Gasteiger partial charge in [0.05, 0.1) is 41.9 Å². The van der Waals surface area contributed by atoms with Gasteiger partial charge in [-0.3, -0.25) is 4.79 Å². The molecule has 1 aliphatic heterocycles. The largest absolute Gasteiger partial charge is 0.462 e. The maximum absolute atomic E-state index is 12.6. The topological polar surface area (TPSA) is 96.5 Å². The van der Waals surface area contributed by atoms with E-state index in [1.54, 1.807) is 25.3 Å². The number of hydrogen-bond acceptors (Lipinski definition) is 6. The number of fused-ring (bicyclic) bond motifs is 1. The fourth-order valence-corrected chi connectivity index (χ4v) is 3.34. The molecule has 2 N–H and O–H groups in total. The van der Waals surface area contributed by atoms with Crippen molar-refractivity contribution in [2.24, 2.45) is 0 Å². The van der Waals surface area contributed by atoms with E-state index in [0.717, 1.165) is 36.5 Å². The average molecular weight is 427 g/mol. The van der Waals surface area contributed by atoms with E-state index in [-0.39, 0.29) is 12.5 Å². The van der Waals surface area contributed by atoms with Crippen molar-refractivity contribution < 1.29 is 19.1 Å². The van der Waals surface area contributed by atoms with E-state index in [0.29, 0.717) is 35.7 Å². The number of nitrogens with one attached hydrogen (secondary N) is 2. The number of amides is 1. The number of aromatic amines is 1. The number of hydrogen-bond donors (Lipinski definition) is 2. The van der Waals surface area contributed by atoms with E-state index in [4.69, 9.17) is 9.47 Å². The summed E-state index contributed by atoms with van der Waals surface area (Å²) in [6.45, 7) is 8.09. The number of unbranched alkanes of at least 4 members (excludes halogenated alkanes) is 1. The van der Waals surface area contributed by atoms with Crippen LogP contribution in [0.1, 0.15) is 54.0 Å². The number of nitrogens with zero attached hydrogens (tertiary/aromatic N) is 2. The average Bonchev–Trinajstić information content (AvgIpc) is 3.27. The van der Waals surface area contributed by atoms with Crippen LogP contribution in [-0.4, -0.2) is 55.3 Å². The van der Waals surface area contributed by atoms with E-state index < -0.39 is 5.97 Å². The third-order valence-electron chi connectivity index (χ3n) is 5.04. The molecule has 2 aromatic heterocycles. The second-order valence-corrected chi connectivity index (χ2v) is 7.49. The molecule has 0 aromatic carbocycles. The zero-order valence-corrected chi connectivity index (χ0v) is 18.6. The van der Waals surface area contributed by atoms with Gasteiger partial charge in [0.1, 0.15) is 5.82 Å². The lowest BCUT2D eigenvalue weighted by Crippen LogP contribution is -2.23. The van der Waals surface area contributed by atoms with Crippen molar-refractivity contribution in [3.05, 3.63) is 40.8 Å². The minimum Gasteiger partial charge on any atom is -0.462 e. The Kier molecular flexibility index (Phi) is 7.46. The van der Waals surface area contributed by atoms with E-state index in [1.807, 2.05) is 24.9 Å². The molecule has 31 heavy (non-hydrogen) atoms. The monoisotopic (exact) mass is 426 g/mol. The molecule has 0 saturated carbocycles. The van der Waals surface area contributed by atoms with E-state index in [2.05, 4.69) is 22.2 Å². The number of pyridine rings is 1. The molecule has 1 aliphatic rings. The van der Waals surface area contributed by atoms with Gasteiger partial charge in [0.25, 0.3) is 5.91 Å². The van der Waals surface area contributed by atoms with Gasteiger partial charge in [-0.15, -0.1) is 0 Å². The minimum atomic E-state index is -0.421. The lowest BCUT2D eigenvalue weighted by Gasteiger charge is -2.18. The number of anilines is 2. The quantitative estimate of drug-likeness (QED) is 0.342. The predicted molar refractivity (Wildman–Crippen MR) is 121 cm³/mol. The normalized spacial score (nSPS) is 13.9. The predicted octanol–water partition coefficient (Wildman–Crippen LogP) is 3.64. The van der Waals surface area contributed by atoms with Gasteiger partial charge in [-0.1, -0.05) is 13.3 Å². The molecule has 8 nitrogen and oxygen atoms in total. The molecule has 0 bridgehead atoms. The summed E-state index contributed by atoms with van der Waals surface area (Å²) < 4.78 is 10.8. The third-order valence-corrected chi connectivity index (χ3v) is 5.04. The van der Waals surface area contributed by atoms with Crippen molar-refractivity contribution in [2.45, 2.75) is 33.6 Å². The summed E-state index contributed by atoms with van der Waals surface area (Å²) in [6, 6.07) is 3.60. The van der Waals surface area contributed by atoms with E-state index >= 15 is 0 Å². The first-order valence-electron chi connectivity index (χ1n) is 10.6. The van der Waals surface area contributed by atoms with Crippen LogP contribution in [0.4, 0.5) is 11.5 Å². The lowest BCUT2D eigenvalue weighted by atomic mass is 10.1. The molecule has 0 aliphatic carbocycles. The van der Waals surface area contributed by atoms with Gasteiger partial charge in [0, 0.05) is 31.5 Å². The number of aryl methyl sites for hydroxylation is 1. The minimum absolute atomic E-state index is 0.235. The summed E-state index contributed by atoms with van der Waals surface area (Å²) >= 11 is 0. The van der Waals surface area contributed by atoms with Gasteiger partial charge in [-0.05, 0) is 38.5 Å². The molecule has 3 rings (SSSR count). The zero-order valence-electron chi connectivity index (χ0n) is 18.6. The number of carbonyl (C=O) groups is 2. The molecular weight excluding hydrogens is 396 g/mol. The number of esters is 1. The van der Waals surface area contributed by atoms with Crippen LogP contribution in [0, 0.1) is 6.92 Å². The standard InChI is InChI=1S/C23H30N4O4/c1-5-7-9-30-10-8-27(4)21-13-16-17(22(28)26-20(16)14-24-21)12-19-18(11-15(3)25-19)23(29)31-6-2/h11-14,25H,5-10H2,1-4H3,(H,26,28)/b17-12-. The highest BCUT2D eigenvalue weighted by molar-refractivity contribution is 6.35. The summed E-state index contributed by atoms with van der Waals surface area (Å²) in [5.74, 6) is 0.0886. The van der Waals surface area contributed by atoms with Crippen molar-refractivity contribution in [1.82, 2.24) is 9.97 Å². The summed E-state index contributed by atoms with van der Waals surface area (Å²) in [6.07, 6.45) is 5.51. The number of carbonyl (C=O) groups excluding carboxylic acids is 2. The maximum Gasteiger partial charge on any atom is 0.340 e. The Labute approximate surface area is 182 Å². The SMILES string of the molecule is CCCCOCCN(C)c1cc2c(cn1)NC(=O)/C2=C\c1[nH]c(C)cc1C(=O)OCC. The molecule has 0 atom stereocenters. The molecule has 2 aromatic rings. The summed E-state index contributed by atoms with van der Waals surface area (Å²) in [7, 11) is 1.94. The number of ether oxygens (including phenoxy) is 2. The Morgan fingerprint density at radius 3 is 2.81 bits per heavy atom. The van der Waals surface area contributed by atoms with Crippen molar-refractivity contribution in [2.75, 3.05) is 43.6 Å². The fourth-order valence-electron chi connectivity index (χ4n) is 3.34. The fraction of sp³-hybridized carbons (Fsp3) is 0.435. The van der Waals surface area contributed by atoms with Crippen LogP contribution >= 0.6 is 0 Å². The first-order valence-corrected chi connectivity index (χ1v) is 10.6. The Balaban J connectivity index is 1.84. The number of likely N-dealkylation sites (N-methyl/N-ethyl adjacent to an activating group) is 1. The van der Waals surface area contributed by atoms with Gasteiger partial charge < -0.3 is 24.7 Å². The molecule has 0 radical (unpaired) electrons. The van der Waals surface area contributed by atoms with Gasteiger partial charge in [-0.25, -0.2) is 9.78 Å². The van der Waals surface area contributed by atoms with Gasteiger partial charge in [0.2, 0.25) is 0 Å². The Morgan fingerprint density at radius 2 is 2.06 bits per heavy atom. The summed E-state index contributed by atoms with van der Waals surface area (Å²) in [4.78, 5) is 34.5. The molecule has 8 heteroatoms. The second kappa shape index (κ2) is 10.3. The molecular formula is C23H30N4O4. The molecule has 0 unspecified atom stereocenters. The maximum atomic E-state index is 12.6. The van der Waals surface area contributed by atoms with Crippen LogP contribution in [-0.2, 0) is 14.3 Å². The molecule has 166 valence electrons. The molecule has 3 heterocycles. The Morgan fingerprint density at radius 1 is 1.26 bits per heavy atom. The van der Waals surface area contributed by atoms with Crippen LogP contribution in [0.3, 0.4) is 0 Å². The van der Waals surface area contributed by atoms with Crippen LogP contribution in [0.5, 0.6) is 0 Å².